The predicted molar refractivity (Wildman–Crippen MR) is 19.6 cm³/mol. The third-order valence-corrected chi connectivity index (χ3v) is 1.92. The maximum atomic E-state index is 8.06. The molecule has 6 heavy (non-hydrogen) atoms. The van der Waals surface area contributed by atoms with Gasteiger partial charge in [0.15, 0.2) is 0 Å². The van der Waals surface area contributed by atoms with Crippen LogP contribution in [-0.2, 0) is 25.8 Å². The van der Waals surface area contributed by atoms with Gasteiger partial charge in [-0.3, -0.25) is 0 Å². The van der Waals surface area contributed by atoms with Crippen molar-refractivity contribution in [1.29, 1.82) is 5.26 Å². The Morgan fingerprint density at radius 2 is 2.50 bits per heavy atom. The molecule has 0 spiro atoms. The Balaban J connectivity index is 3.30. The summed E-state index contributed by atoms with van der Waals surface area (Å²) < 4.78 is 0.175. The molecule has 0 rings (SSSR count). The van der Waals surface area contributed by atoms with Crippen molar-refractivity contribution in [3.8, 4) is 6.07 Å². The molecule has 1 atom stereocenters. The van der Waals surface area contributed by atoms with E-state index in [1.165, 1.54) is 0 Å². The molecule has 0 aromatic rings. The van der Waals surface area contributed by atoms with Gasteiger partial charge in [0.05, 0.1) is 0 Å². The summed E-state index contributed by atoms with van der Waals surface area (Å²) in [5, 5.41) is 8.06. The molecule has 1 nitrogen and oxygen atoms in total. The normalized spacial score (nSPS) is 12.2. The summed E-state index contributed by atoms with van der Waals surface area (Å²) in [5.74, 6) is 0. The Morgan fingerprint density at radius 1 is 2.00 bits per heavy atom. The van der Waals surface area contributed by atoms with Crippen LogP contribution < -0.4 is 0 Å². The van der Waals surface area contributed by atoms with Gasteiger partial charge in [-0.15, -0.1) is 0 Å². The van der Waals surface area contributed by atoms with E-state index in [9.17, 15) is 0 Å². The van der Waals surface area contributed by atoms with Gasteiger partial charge in [-0.05, 0) is 0 Å². The summed E-state index contributed by atoms with van der Waals surface area (Å²) in [6.07, 6.45) is 1.69. The van der Waals surface area contributed by atoms with Gasteiger partial charge < -0.3 is 0 Å². The average Bonchev–Trinajstić information content (AvgIpc) is 1.65. The third kappa shape index (κ3) is 2.39. The van der Waals surface area contributed by atoms with Gasteiger partial charge in [0.1, 0.15) is 0 Å². The molecule has 0 aromatic heterocycles. The van der Waals surface area contributed by atoms with Crippen LogP contribution in [0.25, 0.3) is 0 Å². The molecule has 0 heterocycles. The maximum absolute atomic E-state index is 8.06. The first kappa shape index (κ1) is 6.15. The van der Waals surface area contributed by atoms with Crippen LogP contribution in [0.15, 0.2) is 12.7 Å². The first-order valence-corrected chi connectivity index (χ1v) is 3.99. The standard InChI is InChI=1S/C4H4N.Cd/c1-2-3-4-5;/h2-3H,1H2;. The summed E-state index contributed by atoms with van der Waals surface area (Å²) in [4.78, 5) is 0. The number of rotatable bonds is 1. The van der Waals surface area contributed by atoms with Crippen molar-refractivity contribution in [2.75, 3.05) is 0 Å². The predicted octanol–water partition coefficient (Wildman–Crippen LogP) is 1.03. The molecule has 0 saturated carbocycles. The average molecular weight is 178 g/mol. The molecule has 0 amide bonds. The molecule has 0 aromatic carbocycles. The summed E-state index contributed by atoms with van der Waals surface area (Å²) in [5.41, 5.74) is 0. The minimum atomic E-state index is 0.175. The van der Waals surface area contributed by atoms with E-state index in [-0.39, 0.29) is 3.48 Å². The van der Waals surface area contributed by atoms with Crippen molar-refractivity contribution in [3.05, 3.63) is 12.7 Å². The zero-order valence-corrected chi connectivity index (χ0v) is 7.55. The molecular formula is C4H4CdN. The molecule has 0 bridgehead atoms. The van der Waals surface area contributed by atoms with Crippen LogP contribution in [0.4, 0.5) is 0 Å². The van der Waals surface area contributed by atoms with Crippen molar-refractivity contribution in [3.63, 3.8) is 0 Å². The molecule has 27 valence electrons. The van der Waals surface area contributed by atoms with Crippen LogP contribution in [0.5, 0.6) is 0 Å². The zero-order chi connectivity index (χ0) is 4.99. The van der Waals surface area contributed by atoms with E-state index in [1.807, 2.05) is 0 Å². The monoisotopic (exact) mass is 180 g/mol. The summed E-state index contributed by atoms with van der Waals surface area (Å²) in [7, 11) is 0. The molecule has 1 unspecified atom stereocenters. The molecule has 0 N–H and O–H groups in total. The summed E-state index contributed by atoms with van der Waals surface area (Å²) in [6.45, 7) is 3.45. The number of nitriles is 1. The Morgan fingerprint density at radius 3 is 2.50 bits per heavy atom. The second kappa shape index (κ2) is 3.35. The summed E-state index contributed by atoms with van der Waals surface area (Å²) >= 11 is 0.713. The molecule has 0 aliphatic heterocycles. The molecule has 0 aliphatic carbocycles. The molecule has 0 saturated heterocycles. The zero-order valence-electron chi connectivity index (χ0n) is 3.52. The Bertz CT molecular complexity index is 82.0. The van der Waals surface area contributed by atoms with Crippen LogP contribution >= 0.6 is 0 Å². The van der Waals surface area contributed by atoms with Gasteiger partial charge in [-0.25, -0.2) is 0 Å². The molecular weight excluding hydrogens is 174 g/mol. The van der Waals surface area contributed by atoms with Crippen LogP contribution in [0, 0.1) is 11.3 Å². The van der Waals surface area contributed by atoms with Gasteiger partial charge in [-0.1, -0.05) is 0 Å². The SMILES string of the molecule is C=C[CH]([Cd])C#N. The van der Waals surface area contributed by atoms with Gasteiger partial charge in [0.2, 0.25) is 0 Å². The van der Waals surface area contributed by atoms with Crippen LogP contribution in [0.2, 0.25) is 3.48 Å². The number of nitrogens with zero attached hydrogens (tertiary/aromatic N) is 1. The van der Waals surface area contributed by atoms with Crippen LogP contribution in [0.1, 0.15) is 0 Å². The van der Waals surface area contributed by atoms with Crippen molar-refractivity contribution in [2.24, 2.45) is 0 Å². The van der Waals surface area contributed by atoms with Crippen LogP contribution in [0.3, 0.4) is 0 Å². The van der Waals surface area contributed by atoms with E-state index in [0.717, 1.165) is 0 Å². The molecule has 0 aliphatic rings. The van der Waals surface area contributed by atoms with E-state index < -0.39 is 0 Å². The first-order valence-electron chi connectivity index (χ1n) is 1.66. The van der Waals surface area contributed by atoms with E-state index in [4.69, 9.17) is 5.26 Å². The Hall–Kier alpha value is 0.152. The second-order valence-electron chi connectivity index (χ2n) is 0.971. The molecule has 2 heteroatoms. The number of hydrogen-bond acceptors (Lipinski definition) is 1. The second-order valence-corrected chi connectivity index (χ2v) is 3.48. The van der Waals surface area contributed by atoms with Crippen LogP contribution in [-0.4, -0.2) is 0 Å². The Labute approximate surface area is 53.3 Å². The molecule has 0 radical (unpaired) electrons. The number of allylic oxidation sites excluding steroid dienone is 1. The van der Waals surface area contributed by atoms with E-state index in [1.54, 1.807) is 6.08 Å². The minimum absolute atomic E-state index is 0.175. The third-order valence-electron chi connectivity index (χ3n) is 0.450. The van der Waals surface area contributed by atoms with Crippen molar-refractivity contribution in [2.45, 2.75) is 3.48 Å². The molecule has 0 fully saturated rings. The van der Waals surface area contributed by atoms with Gasteiger partial charge >= 0.3 is 53.2 Å². The van der Waals surface area contributed by atoms with Gasteiger partial charge in [0.25, 0.3) is 0 Å². The fourth-order valence-corrected chi connectivity index (χ4v) is 0.0527. The Kier molecular flexibility index (Phi) is 3.43. The van der Waals surface area contributed by atoms with E-state index in [0.29, 0.717) is 25.8 Å². The van der Waals surface area contributed by atoms with Crippen molar-refractivity contribution >= 4 is 0 Å². The fraction of sp³-hybridized carbons (Fsp3) is 0.250. The van der Waals surface area contributed by atoms with E-state index in [2.05, 4.69) is 12.6 Å². The fourth-order valence-electron chi connectivity index (χ4n) is 0.0527. The quantitative estimate of drug-likeness (QED) is 0.435. The van der Waals surface area contributed by atoms with E-state index >= 15 is 0 Å². The number of hydrogen-bond donors (Lipinski definition) is 0. The summed E-state index contributed by atoms with van der Waals surface area (Å²) in [6, 6.07) is 2.07. The first-order chi connectivity index (χ1) is 2.81. The van der Waals surface area contributed by atoms with Crippen molar-refractivity contribution < 1.29 is 25.8 Å². The van der Waals surface area contributed by atoms with Gasteiger partial charge in [-0.2, -0.15) is 0 Å². The topological polar surface area (TPSA) is 23.8 Å². The van der Waals surface area contributed by atoms with Gasteiger partial charge in [0, 0.05) is 0 Å². The van der Waals surface area contributed by atoms with Crippen molar-refractivity contribution in [1.82, 2.24) is 0 Å².